The van der Waals surface area contributed by atoms with E-state index in [2.05, 4.69) is 5.32 Å². The van der Waals surface area contributed by atoms with E-state index in [-0.39, 0.29) is 0 Å². The summed E-state index contributed by atoms with van der Waals surface area (Å²) in [6.07, 6.45) is 0. The molecule has 0 heterocycles. The van der Waals surface area contributed by atoms with E-state index < -0.39 is 11.5 Å². The minimum absolute atomic E-state index is 0.859. The zero-order chi connectivity index (χ0) is 11.6. The van der Waals surface area contributed by atoms with Crippen LogP contribution in [0.15, 0.2) is 18.2 Å². The van der Waals surface area contributed by atoms with Gasteiger partial charge in [-0.15, -0.1) is 0 Å². The van der Waals surface area contributed by atoms with Gasteiger partial charge in [0.15, 0.2) is 0 Å². The van der Waals surface area contributed by atoms with Crippen molar-refractivity contribution in [3.63, 3.8) is 0 Å². The van der Waals surface area contributed by atoms with Crippen molar-refractivity contribution in [1.82, 2.24) is 0 Å². The van der Waals surface area contributed by atoms with Crippen molar-refractivity contribution >= 4 is 11.7 Å². The van der Waals surface area contributed by atoms with Gasteiger partial charge in [-0.3, -0.25) is 0 Å². The lowest BCUT2D eigenvalue weighted by Gasteiger charge is -2.23. The topological polar surface area (TPSA) is 49.3 Å². The van der Waals surface area contributed by atoms with Crippen LogP contribution in [0.1, 0.15) is 25.0 Å². The molecule has 0 amide bonds. The number of carboxylic acids is 1. The summed E-state index contributed by atoms with van der Waals surface area (Å²) < 4.78 is 0. The third-order valence-corrected chi connectivity index (χ3v) is 2.36. The molecule has 3 nitrogen and oxygen atoms in total. The van der Waals surface area contributed by atoms with Crippen molar-refractivity contribution in [3.8, 4) is 0 Å². The molecule has 0 radical (unpaired) electrons. The number of aryl methyl sites for hydroxylation is 2. The molecule has 3 heteroatoms. The van der Waals surface area contributed by atoms with E-state index in [1.54, 1.807) is 13.8 Å². The molecule has 0 fully saturated rings. The highest BCUT2D eigenvalue weighted by atomic mass is 16.4. The predicted octanol–water partition coefficient (Wildman–Crippen LogP) is 2.58. The number of hydrogen-bond donors (Lipinski definition) is 2. The van der Waals surface area contributed by atoms with Crippen molar-refractivity contribution < 1.29 is 9.90 Å². The molecule has 0 aromatic heterocycles. The van der Waals surface area contributed by atoms with Gasteiger partial charge < -0.3 is 10.4 Å². The summed E-state index contributed by atoms with van der Waals surface area (Å²) >= 11 is 0. The zero-order valence-corrected chi connectivity index (χ0v) is 9.59. The molecule has 1 aromatic rings. The number of hydrogen-bond acceptors (Lipinski definition) is 2. The van der Waals surface area contributed by atoms with Crippen LogP contribution in [0.2, 0.25) is 0 Å². The van der Waals surface area contributed by atoms with Gasteiger partial charge in [0.2, 0.25) is 0 Å². The van der Waals surface area contributed by atoms with Crippen molar-refractivity contribution in [2.45, 2.75) is 33.2 Å². The van der Waals surface area contributed by atoms with Gasteiger partial charge in [-0.05, 0) is 39.3 Å². The molecule has 82 valence electrons. The maximum absolute atomic E-state index is 10.9. The van der Waals surface area contributed by atoms with Crippen molar-refractivity contribution in [1.29, 1.82) is 0 Å². The second-order valence-corrected chi connectivity index (χ2v) is 4.37. The summed E-state index contributed by atoms with van der Waals surface area (Å²) in [5, 5.41) is 12.0. The van der Waals surface area contributed by atoms with Crippen LogP contribution in [-0.4, -0.2) is 16.6 Å². The van der Waals surface area contributed by atoms with Crippen LogP contribution in [-0.2, 0) is 4.79 Å². The van der Waals surface area contributed by atoms with E-state index in [0.29, 0.717) is 0 Å². The van der Waals surface area contributed by atoms with Gasteiger partial charge in [0.25, 0.3) is 0 Å². The first kappa shape index (κ1) is 11.6. The van der Waals surface area contributed by atoms with Gasteiger partial charge in [-0.25, -0.2) is 4.79 Å². The van der Waals surface area contributed by atoms with Crippen LogP contribution in [0.25, 0.3) is 0 Å². The Labute approximate surface area is 90.1 Å². The fraction of sp³-hybridized carbons (Fsp3) is 0.417. The van der Waals surface area contributed by atoms with Crippen molar-refractivity contribution in [2.75, 3.05) is 5.32 Å². The zero-order valence-electron chi connectivity index (χ0n) is 9.59. The molecular formula is C12H17NO2. The summed E-state index contributed by atoms with van der Waals surface area (Å²) in [7, 11) is 0. The fourth-order valence-corrected chi connectivity index (χ4v) is 1.34. The Bertz CT molecular complexity index is 383. The molecule has 0 aliphatic carbocycles. The first-order chi connectivity index (χ1) is 6.83. The van der Waals surface area contributed by atoms with Crippen LogP contribution in [0.4, 0.5) is 5.69 Å². The first-order valence-electron chi connectivity index (χ1n) is 4.92. The summed E-state index contributed by atoms with van der Waals surface area (Å²) in [6, 6.07) is 5.91. The number of aliphatic carboxylic acids is 1. The van der Waals surface area contributed by atoms with Gasteiger partial charge in [0.05, 0.1) is 0 Å². The Balaban J connectivity index is 2.95. The van der Waals surface area contributed by atoms with E-state index in [0.717, 1.165) is 11.3 Å². The average Bonchev–Trinajstić information content (AvgIpc) is 2.09. The number of rotatable bonds is 3. The van der Waals surface area contributed by atoms with E-state index in [9.17, 15) is 4.79 Å². The van der Waals surface area contributed by atoms with E-state index in [4.69, 9.17) is 5.11 Å². The van der Waals surface area contributed by atoms with Gasteiger partial charge in [0.1, 0.15) is 5.54 Å². The molecule has 0 atom stereocenters. The minimum atomic E-state index is -0.944. The van der Waals surface area contributed by atoms with Gasteiger partial charge in [-0.2, -0.15) is 0 Å². The van der Waals surface area contributed by atoms with Crippen LogP contribution >= 0.6 is 0 Å². The quantitative estimate of drug-likeness (QED) is 0.800. The highest BCUT2D eigenvalue weighted by Crippen LogP contribution is 2.20. The fourth-order valence-electron chi connectivity index (χ4n) is 1.34. The van der Waals surface area contributed by atoms with Crippen LogP contribution in [0, 0.1) is 13.8 Å². The Kier molecular flexibility index (Phi) is 3.03. The molecule has 0 bridgehead atoms. The molecule has 0 unspecified atom stereocenters. The Hall–Kier alpha value is -1.51. The van der Waals surface area contributed by atoms with Crippen LogP contribution in [0.3, 0.4) is 0 Å². The first-order valence-corrected chi connectivity index (χ1v) is 4.92. The lowest BCUT2D eigenvalue weighted by atomic mass is 10.0. The number of nitrogens with one attached hydrogen (secondary N) is 1. The molecule has 15 heavy (non-hydrogen) atoms. The molecule has 0 aliphatic heterocycles. The third kappa shape index (κ3) is 2.72. The number of carbonyl (C=O) groups is 1. The largest absolute Gasteiger partial charge is 0.480 e. The monoisotopic (exact) mass is 207 g/mol. The van der Waals surface area contributed by atoms with Gasteiger partial charge in [-0.1, -0.05) is 17.7 Å². The van der Waals surface area contributed by atoms with Gasteiger partial charge >= 0.3 is 5.97 Å². The SMILES string of the molecule is Cc1ccc(NC(C)(C)C(=O)O)c(C)c1. The van der Waals surface area contributed by atoms with Gasteiger partial charge in [0, 0.05) is 5.69 Å². The van der Waals surface area contributed by atoms with E-state index in [1.807, 2.05) is 32.0 Å². The Morgan fingerprint density at radius 1 is 1.33 bits per heavy atom. The highest BCUT2D eigenvalue weighted by molar-refractivity contribution is 5.82. The second-order valence-electron chi connectivity index (χ2n) is 4.37. The number of benzene rings is 1. The molecule has 2 N–H and O–H groups in total. The average molecular weight is 207 g/mol. The van der Waals surface area contributed by atoms with E-state index >= 15 is 0 Å². The highest BCUT2D eigenvalue weighted by Gasteiger charge is 2.26. The second kappa shape index (κ2) is 3.93. The number of anilines is 1. The lowest BCUT2D eigenvalue weighted by Crippen LogP contribution is -2.40. The lowest BCUT2D eigenvalue weighted by molar-refractivity contribution is -0.141. The van der Waals surface area contributed by atoms with E-state index in [1.165, 1.54) is 5.56 Å². The molecule has 0 aliphatic rings. The van der Waals surface area contributed by atoms with Crippen molar-refractivity contribution in [3.05, 3.63) is 29.3 Å². The summed E-state index contributed by atoms with van der Waals surface area (Å²) in [5.41, 5.74) is 2.16. The van der Waals surface area contributed by atoms with Crippen LogP contribution in [0.5, 0.6) is 0 Å². The summed E-state index contributed by atoms with van der Waals surface area (Å²) in [5.74, 6) is -0.859. The third-order valence-electron chi connectivity index (χ3n) is 2.36. The molecule has 1 aromatic carbocycles. The molecule has 1 rings (SSSR count). The molecular weight excluding hydrogens is 190 g/mol. The molecule has 0 spiro atoms. The Morgan fingerprint density at radius 3 is 2.40 bits per heavy atom. The maximum Gasteiger partial charge on any atom is 0.328 e. The normalized spacial score (nSPS) is 11.2. The maximum atomic E-state index is 10.9. The minimum Gasteiger partial charge on any atom is -0.480 e. The standard InChI is InChI=1S/C12H17NO2/c1-8-5-6-10(9(2)7-8)13-12(3,4)11(14)15/h5-7,13H,1-4H3,(H,14,15). The molecule has 0 saturated heterocycles. The predicted molar refractivity (Wildman–Crippen MR) is 61.3 cm³/mol. The van der Waals surface area contributed by atoms with Crippen LogP contribution < -0.4 is 5.32 Å². The smallest absolute Gasteiger partial charge is 0.328 e. The number of carboxylic acid groups (broad SMARTS) is 1. The molecule has 0 saturated carbocycles. The summed E-state index contributed by atoms with van der Waals surface area (Å²) in [4.78, 5) is 10.9. The Morgan fingerprint density at radius 2 is 1.93 bits per heavy atom. The van der Waals surface area contributed by atoms with Crippen molar-refractivity contribution in [2.24, 2.45) is 0 Å². The summed E-state index contributed by atoms with van der Waals surface area (Å²) in [6.45, 7) is 7.27.